The topological polar surface area (TPSA) is 70.6 Å². The number of amides is 2. The van der Waals surface area contributed by atoms with Gasteiger partial charge in [-0.2, -0.15) is 5.10 Å². The number of anilines is 1. The van der Waals surface area contributed by atoms with Crippen molar-refractivity contribution in [1.82, 2.24) is 5.43 Å². The van der Waals surface area contributed by atoms with Gasteiger partial charge >= 0.3 is 0 Å². The van der Waals surface area contributed by atoms with Crippen LogP contribution in [0.25, 0.3) is 0 Å². The van der Waals surface area contributed by atoms with E-state index < -0.39 is 0 Å². The van der Waals surface area contributed by atoms with Crippen molar-refractivity contribution in [2.75, 3.05) is 5.32 Å². The van der Waals surface area contributed by atoms with Crippen LogP contribution in [0.2, 0.25) is 5.02 Å². The van der Waals surface area contributed by atoms with Gasteiger partial charge in [0.15, 0.2) is 0 Å². The van der Waals surface area contributed by atoms with E-state index in [0.29, 0.717) is 10.6 Å². The van der Waals surface area contributed by atoms with E-state index in [1.165, 1.54) is 6.21 Å². The summed E-state index contributed by atoms with van der Waals surface area (Å²) in [6.45, 7) is 3.92. The number of nitrogens with one attached hydrogen (secondary N) is 2. The van der Waals surface area contributed by atoms with E-state index in [9.17, 15) is 9.59 Å². The lowest BCUT2D eigenvalue weighted by molar-refractivity contribution is -0.124. The third-order valence-electron chi connectivity index (χ3n) is 3.53. The second kappa shape index (κ2) is 8.99. The number of rotatable bonds is 6. The molecule has 0 aliphatic heterocycles. The van der Waals surface area contributed by atoms with Crippen molar-refractivity contribution in [2.45, 2.75) is 26.7 Å². The van der Waals surface area contributed by atoms with Gasteiger partial charge in [-0.3, -0.25) is 9.59 Å². The molecule has 0 radical (unpaired) electrons. The maximum absolute atomic E-state index is 11.9. The monoisotopic (exact) mass is 357 g/mol. The molecule has 0 saturated carbocycles. The van der Waals surface area contributed by atoms with E-state index in [0.717, 1.165) is 16.8 Å². The number of aryl methyl sites for hydroxylation is 2. The number of hydrogen-bond donors (Lipinski definition) is 2. The number of nitrogens with zero attached hydrogens (tertiary/aromatic N) is 1. The lowest BCUT2D eigenvalue weighted by Gasteiger charge is -2.08. The summed E-state index contributed by atoms with van der Waals surface area (Å²) < 4.78 is 0. The molecule has 0 bridgehead atoms. The second-order valence-corrected chi connectivity index (χ2v) is 6.09. The van der Waals surface area contributed by atoms with Crippen LogP contribution in [0.1, 0.15) is 29.5 Å². The molecule has 2 aromatic carbocycles. The van der Waals surface area contributed by atoms with E-state index >= 15 is 0 Å². The molecule has 2 N–H and O–H groups in total. The molecule has 0 aromatic heterocycles. The van der Waals surface area contributed by atoms with E-state index in [1.807, 2.05) is 44.2 Å². The molecule has 0 spiro atoms. The Morgan fingerprint density at radius 1 is 1.08 bits per heavy atom. The molecule has 2 rings (SSSR count). The summed E-state index contributed by atoms with van der Waals surface area (Å²) in [6.07, 6.45) is 1.60. The fourth-order valence-electron chi connectivity index (χ4n) is 2.20. The number of hydrogen-bond acceptors (Lipinski definition) is 3. The summed E-state index contributed by atoms with van der Waals surface area (Å²) in [5.41, 5.74) is 5.97. The number of benzene rings is 2. The Morgan fingerprint density at radius 2 is 1.80 bits per heavy atom. The Hall–Kier alpha value is -2.66. The van der Waals surface area contributed by atoms with Gasteiger partial charge in [-0.1, -0.05) is 47.5 Å². The molecule has 0 saturated heterocycles. The first kappa shape index (κ1) is 18.7. The van der Waals surface area contributed by atoms with Crippen LogP contribution < -0.4 is 10.7 Å². The molecule has 5 nitrogen and oxygen atoms in total. The van der Waals surface area contributed by atoms with Gasteiger partial charge in [0.05, 0.1) is 6.21 Å². The first-order chi connectivity index (χ1) is 12.0. The van der Waals surface area contributed by atoms with Crippen LogP contribution >= 0.6 is 11.6 Å². The normalized spacial score (nSPS) is 10.7. The Kier molecular flexibility index (Phi) is 6.71. The van der Waals surface area contributed by atoms with Crippen LogP contribution in [0.4, 0.5) is 5.69 Å². The number of carbonyl (C=O) groups excluding carboxylic acids is 2. The van der Waals surface area contributed by atoms with Gasteiger partial charge in [-0.15, -0.1) is 0 Å². The highest BCUT2D eigenvalue weighted by molar-refractivity contribution is 6.33. The van der Waals surface area contributed by atoms with Crippen molar-refractivity contribution in [3.05, 3.63) is 64.2 Å². The van der Waals surface area contributed by atoms with Crippen molar-refractivity contribution < 1.29 is 9.59 Å². The summed E-state index contributed by atoms with van der Waals surface area (Å²) in [5.74, 6) is -0.545. The molecule has 0 heterocycles. The molecule has 0 fully saturated rings. The van der Waals surface area contributed by atoms with Crippen molar-refractivity contribution in [2.24, 2.45) is 5.10 Å². The lowest BCUT2D eigenvalue weighted by atomic mass is 10.1. The Morgan fingerprint density at radius 3 is 2.52 bits per heavy atom. The van der Waals surface area contributed by atoms with E-state index in [-0.39, 0.29) is 24.7 Å². The zero-order valence-electron chi connectivity index (χ0n) is 14.2. The predicted octanol–water partition coefficient (Wildman–Crippen LogP) is 3.83. The van der Waals surface area contributed by atoms with Crippen molar-refractivity contribution in [3.8, 4) is 0 Å². The van der Waals surface area contributed by atoms with Gasteiger partial charge in [0.1, 0.15) is 0 Å². The van der Waals surface area contributed by atoms with Gasteiger partial charge in [-0.25, -0.2) is 5.43 Å². The fourth-order valence-corrected chi connectivity index (χ4v) is 2.39. The zero-order chi connectivity index (χ0) is 18.2. The van der Waals surface area contributed by atoms with Gasteiger partial charge < -0.3 is 5.32 Å². The number of hydrazone groups is 1. The molecule has 0 aliphatic carbocycles. The summed E-state index contributed by atoms with van der Waals surface area (Å²) in [6, 6.07) is 12.9. The smallest absolute Gasteiger partial charge is 0.240 e. The Labute approximate surface area is 152 Å². The molecule has 2 aromatic rings. The quantitative estimate of drug-likeness (QED) is 0.609. The standard InChI is InChI=1S/C19H20ClN3O2/c1-13-7-8-17(14(2)11-13)22-18(24)9-10-19(25)23-21-12-15-5-3-4-6-16(15)20/h3-8,11-12H,9-10H2,1-2H3,(H,22,24)(H,23,25). The zero-order valence-corrected chi connectivity index (χ0v) is 14.9. The minimum Gasteiger partial charge on any atom is -0.326 e. The van der Waals surface area contributed by atoms with Crippen molar-refractivity contribution in [1.29, 1.82) is 0 Å². The Bertz CT molecular complexity index is 803. The van der Waals surface area contributed by atoms with Gasteiger partial charge in [0.2, 0.25) is 11.8 Å². The average molecular weight is 358 g/mol. The molecule has 0 atom stereocenters. The summed E-state index contributed by atoms with van der Waals surface area (Å²) in [4.78, 5) is 23.7. The van der Waals surface area contributed by atoms with Crippen LogP contribution in [0.5, 0.6) is 0 Å². The second-order valence-electron chi connectivity index (χ2n) is 5.68. The molecular formula is C19H20ClN3O2. The fraction of sp³-hybridized carbons (Fsp3) is 0.211. The van der Waals surface area contributed by atoms with Crippen molar-refractivity contribution >= 4 is 35.3 Å². The lowest BCUT2D eigenvalue weighted by Crippen LogP contribution is -2.20. The summed E-state index contributed by atoms with van der Waals surface area (Å²) in [5, 5.41) is 7.20. The van der Waals surface area contributed by atoms with Gasteiger partial charge in [0, 0.05) is 29.1 Å². The molecule has 0 aliphatic rings. The largest absolute Gasteiger partial charge is 0.326 e. The van der Waals surface area contributed by atoms with E-state index in [1.54, 1.807) is 12.1 Å². The van der Waals surface area contributed by atoms with Gasteiger partial charge in [0.25, 0.3) is 0 Å². The maximum atomic E-state index is 11.9. The van der Waals surface area contributed by atoms with Crippen LogP contribution in [0.15, 0.2) is 47.6 Å². The summed E-state index contributed by atoms with van der Waals surface area (Å²) in [7, 11) is 0. The highest BCUT2D eigenvalue weighted by atomic mass is 35.5. The highest BCUT2D eigenvalue weighted by Gasteiger charge is 2.08. The van der Waals surface area contributed by atoms with Crippen LogP contribution in [0.3, 0.4) is 0 Å². The minimum absolute atomic E-state index is 0.0522. The molecular weight excluding hydrogens is 338 g/mol. The molecule has 25 heavy (non-hydrogen) atoms. The molecule has 130 valence electrons. The van der Waals surface area contributed by atoms with Crippen LogP contribution in [0, 0.1) is 13.8 Å². The molecule has 6 heteroatoms. The minimum atomic E-state index is -0.334. The molecule has 0 unspecified atom stereocenters. The number of carbonyl (C=O) groups is 2. The third-order valence-corrected chi connectivity index (χ3v) is 3.88. The first-order valence-corrected chi connectivity index (χ1v) is 8.27. The molecule has 2 amide bonds. The SMILES string of the molecule is Cc1ccc(NC(=O)CCC(=O)NN=Cc2ccccc2Cl)c(C)c1. The van der Waals surface area contributed by atoms with E-state index in [2.05, 4.69) is 15.8 Å². The summed E-state index contributed by atoms with van der Waals surface area (Å²) >= 11 is 5.98. The first-order valence-electron chi connectivity index (χ1n) is 7.89. The van der Waals surface area contributed by atoms with Gasteiger partial charge in [-0.05, 0) is 31.5 Å². The predicted molar refractivity (Wildman–Crippen MR) is 101 cm³/mol. The van der Waals surface area contributed by atoms with Crippen molar-refractivity contribution in [3.63, 3.8) is 0 Å². The number of halogens is 1. The van der Waals surface area contributed by atoms with E-state index in [4.69, 9.17) is 11.6 Å². The Balaban J connectivity index is 1.77. The highest BCUT2D eigenvalue weighted by Crippen LogP contribution is 2.16. The van der Waals surface area contributed by atoms with Crippen LogP contribution in [-0.2, 0) is 9.59 Å². The third kappa shape index (κ3) is 6.04. The average Bonchev–Trinajstić information content (AvgIpc) is 2.57. The maximum Gasteiger partial charge on any atom is 0.240 e. The van der Waals surface area contributed by atoms with Crippen LogP contribution in [-0.4, -0.2) is 18.0 Å².